The second kappa shape index (κ2) is 8.57. The summed E-state index contributed by atoms with van der Waals surface area (Å²) in [6, 6.07) is 17.1. The van der Waals surface area contributed by atoms with Gasteiger partial charge in [-0.1, -0.05) is 29.8 Å². The number of nitrogens with zero attached hydrogens (tertiary/aromatic N) is 1. The van der Waals surface area contributed by atoms with Gasteiger partial charge in [0.15, 0.2) is 0 Å². The summed E-state index contributed by atoms with van der Waals surface area (Å²) in [5.41, 5.74) is 1.26. The Kier molecular flexibility index (Phi) is 5.68. The molecule has 0 bridgehead atoms. The minimum absolute atomic E-state index is 0.171. The van der Waals surface area contributed by atoms with E-state index in [0.717, 1.165) is 13.1 Å². The van der Waals surface area contributed by atoms with Crippen molar-refractivity contribution in [2.24, 2.45) is 0 Å². The fourth-order valence-corrected chi connectivity index (χ4v) is 3.14. The highest BCUT2D eigenvalue weighted by Gasteiger charge is 2.23. The summed E-state index contributed by atoms with van der Waals surface area (Å²) < 4.78 is 14.6. The quantitative estimate of drug-likeness (QED) is 0.310. The molecule has 0 atom stereocenters. The summed E-state index contributed by atoms with van der Waals surface area (Å²) in [6.07, 6.45) is 0. The van der Waals surface area contributed by atoms with Crippen LogP contribution in [0.4, 0.5) is 15.8 Å². The van der Waals surface area contributed by atoms with Crippen molar-refractivity contribution in [3.8, 4) is 0 Å². The van der Waals surface area contributed by atoms with E-state index in [4.69, 9.17) is 17.0 Å². The van der Waals surface area contributed by atoms with Crippen molar-refractivity contribution in [2.45, 2.75) is 0 Å². The van der Waals surface area contributed by atoms with Gasteiger partial charge in [0.25, 0.3) is 11.8 Å². The summed E-state index contributed by atoms with van der Waals surface area (Å²) >= 11 is 5.86. The molecule has 3 aromatic rings. The Morgan fingerprint density at radius 1 is 0.903 bits per heavy atom. The normalized spacial score (nSPS) is 12.3. The van der Waals surface area contributed by atoms with Crippen LogP contribution in [0.25, 0.3) is 0 Å². The van der Waals surface area contributed by atoms with Crippen molar-refractivity contribution in [3.05, 3.63) is 94.3 Å². The molecule has 1 aliphatic heterocycles. The van der Waals surface area contributed by atoms with E-state index in [9.17, 15) is 14.0 Å². The van der Waals surface area contributed by atoms with Crippen LogP contribution in [0.15, 0.2) is 66.7 Å². The average molecular weight is 437 g/mol. The highest BCUT2D eigenvalue weighted by Crippen LogP contribution is 2.21. The van der Waals surface area contributed by atoms with Crippen LogP contribution in [-0.4, -0.2) is 35.6 Å². The van der Waals surface area contributed by atoms with E-state index >= 15 is 0 Å². The zero-order valence-corrected chi connectivity index (χ0v) is 17.0. The Morgan fingerprint density at radius 3 is 2.26 bits per heavy atom. The first-order chi connectivity index (χ1) is 14.9. The molecule has 0 aromatic heterocycles. The summed E-state index contributed by atoms with van der Waals surface area (Å²) in [5.74, 6) is -1.62. The van der Waals surface area contributed by atoms with Crippen molar-refractivity contribution < 1.29 is 14.0 Å². The molecule has 0 radical (unpaired) electrons. The highest BCUT2D eigenvalue weighted by atomic mass is 35.5. The molecule has 8 heteroatoms. The molecule has 3 aromatic carbocycles. The Bertz CT molecular complexity index is 1180. The minimum Gasteiger partial charge on any atom is -0.353 e. The fourth-order valence-electron chi connectivity index (χ4n) is 3.01. The summed E-state index contributed by atoms with van der Waals surface area (Å²) in [5, 5.41) is 13.9. The summed E-state index contributed by atoms with van der Waals surface area (Å²) in [4.78, 5) is 27.1. The topological polar surface area (TPSA) is 85.1 Å². The molecule has 156 valence electrons. The first-order valence-corrected chi connectivity index (χ1v) is 9.91. The number of carbonyl (C=O) groups excluding carboxylic acids is 2. The van der Waals surface area contributed by atoms with E-state index in [1.165, 1.54) is 18.2 Å². The van der Waals surface area contributed by atoms with E-state index < -0.39 is 17.6 Å². The number of amides is 2. The molecule has 4 rings (SSSR count). The molecule has 6 nitrogen and oxygen atoms in total. The van der Waals surface area contributed by atoms with Crippen molar-refractivity contribution in [3.63, 3.8) is 0 Å². The second-order valence-corrected chi connectivity index (χ2v) is 7.43. The first-order valence-electron chi connectivity index (χ1n) is 9.53. The lowest BCUT2D eigenvalue weighted by atomic mass is 10.1. The number of carbonyl (C=O) groups is 2. The Morgan fingerprint density at radius 2 is 1.58 bits per heavy atom. The predicted octanol–water partition coefficient (Wildman–Crippen LogP) is 4.62. The Hall–Kier alpha value is -3.71. The molecule has 1 fully saturated rings. The summed E-state index contributed by atoms with van der Waals surface area (Å²) in [7, 11) is 0. The predicted molar refractivity (Wildman–Crippen MR) is 119 cm³/mol. The molecular formula is C23H18ClFN4O2. The van der Waals surface area contributed by atoms with Crippen LogP contribution < -0.4 is 10.6 Å². The number of hydrogen-bond acceptors (Lipinski definition) is 3. The molecule has 0 unspecified atom stereocenters. The van der Waals surface area contributed by atoms with E-state index in [1.54, 1.807) is 53.4 Å². The van der Waals surface area contributed by atoms with Crippen LogP contribution in [0.3, 0.4) is 0 Å². The monoisotopic (exact) mass is 436 g/mol. The maximum absolute atomic E-state index is 14.6. The van der Waals surface area contributed by atoms with Gasteiger partial charge in [-0.2, -0.15) is 0 Å². The van der Waals surface area contributed by atoms with Gasteiger partial charge in [0.1, 0.15) is 11.7 Å². The molecule has 1 heterocycles. The van der Waals surface area contributed by atoms with Gasteiger partial charge in [0.05, 0.1) is 16.8 Å². The number of anilines is 2. The Balaban J connectivity index is 1.51. The van der Waals surface area contributed by atoms with Crippen LogP contribution in [0.1, 0.15) is 26.3 Å². The smallest absolute Gasteiger partial charge is 0.258 e. The van der Waals surface area contributed by atoms with Gasteiger partial charge in [-0.25, -0.2) is 4.39 Å². The fraction of sp³-hybridized carbons (Fsp3) is 0.0870. The number of para-hydroxylation sites is 1. The van der Waals surface area contributed by atoms with Crippen LogP contribution in [-0.2, 0) is 0 Å². The Labute approximate surface area is 183 Å². The van der Waals surface area contributed by atoms with Gasteiger partial charge < -0.3 is 15.5 Å². The lowest BCUT2D eigenvalue weighted by molar-refractivity contribution is 0.102. The third kappa shape index (κ3) is 4.73. The molecular weight excluding hydrogens is 419 g/mol. The molecule has 0 saturated carbocycles. The zero-order valence-electron chi connectivity index (χ0n) is 16.3. The second-order valence-electron chi connectivity index (χ2n) is 6.99. The average Bonchev–Trinajstić information content (AvgIpc) is 3.60. The molecule has 2 amide bonds. The number of rotatable bonds is 5. The van der Waals surface area contributed by atoms with Gasteiger partial charge >= 0.3 is 0 Å². The maximum atomic E-state index is 14.6. The zero-order chi connectivity index (χ0) is 22.0. The number of amidine groups is 1. The number of benzene rings is 3. The third-order valence-electron chi connectivity index (χ3n) is 4.77. The molecule has 1 aliphatic rings. The van der Waals surface area contributed by atoms with Crippen LogP contribution >= 0.6 is 11.6 Å². The lowest BCUT2D eigenvalue weighted by Crippen LogP contribution is -2.19. The molecule has 0 spiro atoms. The lowest BCUT2D eigenvalue weighted by Gasteiger charge is -2.13. The standard InChI is InChI=1S/C23H18ClFN4O2/c24-15-6-8-16(9-7-15)27-23(31)18-3-1-2-4-20(18)28-22(30)17-10-5-14(13-19(17)25)21(26)29-11-12-29/h1-10,13,26H,11-12H2,(H,27,31)(H,28,30). The largest absolute Gasteiger partial charge is 0.353 e. The number of nitrogens with one attached hydrogen (secondary N) is 3. The van der Waals surface area contributed by atoms with Gasteiger partial charge in [-0.05, 0) is 48.5 Å². The SMILES string of the molecule is N=C(c1ccc(C(=O)Nc2ccccc2C(=O)Nc2ccc(Cl)cc2)c(F)c1)N1CC1. The van der Waals surface area contributed by atoms with E-state index in [2.05, 4.69) is 10.6 Å². The van der Waals surface area contributed by atoms with Gasteiger partial charge in [0.2, 0.25) is 0 Å². The summed E-state index contributed by atoms with van der Waals surface area (Å²) in [6.45, 7) is 1.55. The molecule has 1 saturated heterocycles. The van der Waals surface area contributed by atoms with E-state index in [-0.39, 0.29) is 22.6 Å². The molecule has 3 N–H and O–H groups in total. The van der Waals surface area contributed by atoms with E-state index in [1.807, 2.05) is 0 Å². The minimum atomic E-state index is -0.732. The van der Waals surface area contributed by atoms with Crippen LogP contribution in [0.2, 0.25) is 5.02 Å². The molecule has 31 heavy (non-hydrogen) atoms. The van der Waals surface area contributed by atoms with Gasteiger partial charge in [0, 0.05) is 29.4 Å². The van der Waals surface area contributed by atoms with Crippen molar-refractivity contribution >= 4 is 40.6 Å². The highest BCUT2D eigenvalue weighted by molar-refractivity contribution is 6.30. The van der Waals surface area contributed by atoms with Crippen molar-refractivity contribution in [1.82, 2.24) is 4.90 Å². The van der Waals surface area contributed by atoms with Gasteiger partial charge in [-0.3, -0.25) is 15.0 Å². The van der Waals surface area contributed by atoms with Gasteiger partial charge in [-0.15, -0.1) is 0 Å². The maximum Gasteiger partial charge on any atom is 0.258 e. The number of halogens is 2. The first kappa shape index (κ1) is 20.6. The van der Waals surface area contributed by atoms with E-state index in [0.29, 0.717) is 16.3 Å². The van der Waals surface area contributed by atoms with Crippen LogP contribution in [0.5, 0.6) is 0 Å². The van der Waals surface area contributed by atoms with Crippen molar-refractivity contribution in [2.75, 3.05) is 23.7 Å². The van der Waals surface area contributed by atoms with Crippen LogP contribution in [0, 0.1) is 11.2 Å². The van der Waals surface area contributed by atoms with Crippen molar-refractivity contribution in [1.29, 1.82) is 5.41 Å². The molecule has 0 aliphatic carbocycles. The number of hydrogen-bond donors (Lipinski definition) is 3. The third-order valence-corrected chi connectivity index (χ3v) is 5.02.